The molecule has 1 saturated heterocycles. The second-order valence-electron chi connectivity index (χ2n) is 5.32. The summed E-state index contributed by atoms with van der Waals surface area (Å²) in [6.45, 7) is 3.09. The van der Waals surface area contributed by atoms with Gasteiger partial charge in [-0.3, -0.25) is 4.79 Å². The highest BCUT2D eigenvalue weighted by atomic mass is 35.5. The minimum absolute atomic E-state index is 0. The Morgan fingerprint density at radius 2 is 2.18 bits per heavy atom. The first-order valence-corrected chi connectivity index (χ1v) is 8.52. The van der Waals surface area contributed by atoms with Crippen molar-refractivity contribution in [1.82, 2.24) is 10.0 Å². The summed E-state index contributed by atoms with van der Waals surface area (Å²) in [5.74, 6) is -0.625. The highest BCUT2D eigenvalue weighted by Gasteiger charge is 2.18. The zero-order valence-corrected chi connectivity index (χ0v) is 14.1. The number of hydrogen-bond donors (Lipinski definition) is 3. The number of carbonyl (C=O) groups is 1. The van der Waals surface area contributed by atoms with E-state index < -0.39 is 15.9 Å². The molecule has 1 atom stereocenters. The van der Waals surface area contributed by atoms with Gasteiger partial charge in [-0.15, -0.1) is 12.4 Å². The maximum absolute atomic E-state index is 12.2. The number of amides is 1. The summed E-state index contributed by atoms with van der Waals surface area (Å²) >= 11 is 0. The Morgan fingerprint density at radius 1 is 1.45 bits per heavy atom. The van der Waals surface area contributed by atoms with Crippen LogP contribution in [0.4, 0.5) is 0 Å². The van der Waals surface area contributed by atoms with Crippen LogP contribution in [-0.4, -0.2) is 33.5 Å². The van der Waals surface area contributed by atoms with E-state index in [-0.39, 0.29) is 22.9 Å². The molecule has 8 heteroatoms. The van der Waals surface area contributed by atoms with Gasteiger partial charge >= 0.3 is 0 Å². The van der Waals surface area contributed by atoms with E-state index in [1.165, 1.54) is 12.1 Å². The topological polar surface area (TPSA) is 101 Å². The first-order chi connectivity index (χ1) is 9.90. The lowest BCUT2D eigenvalue weighted by Crippen LogP contribution is -2.30. The van der Waals surface area contributed by atoms with Crippen molar-refractivity contribution in [2.75, 3.05) is 13.1 Å². The number of hydrogen-bond acceptors (Lipinski definition) is 4. The first kappa shape index (κ1) is 18.9. The van der Waals surface area contributed by atoms with Gasteiger partial charge < -0.3 is 11.1 Å². The second kappa shape index (κ2) is 7.92. The number of primary amides is 1. The summed E-state index contributed by atoms with van der Waals surface area (Å²) < 4.78 is 27.0. The van der Waals surface area contributed by atoms with Crippen molar-refractivity contribution in [2.24, 2.45) is 5.73 Å². The van der Waals surface area contributed by atoms with Gasteiger partial charge in [0.05, 0.1) is 4.90 Å². The van der Waals surface area contributed by atoms with Gasteiger partial charge in [0, 0.05) is 18.2 Å². The zero-order chi connectivity index (χ0) is 15.5. The summed E-state index contributed by atoms with van der Waals surface area (Å²) in [7, 11) is -3.61. The predicted molar refractivity (Wildman–Crippen MR) is 87.8 cm³/mol. The van der Waals surface area contributed by atoms with E-state index in [0.29, 0.717) is 18.2 Å². The van der Waals surface area contributed by atoms with Gasteiger partial charge in [0.15, 0.2) is 0 Å². The molecule has 1 fully saturated rings. The molecule has 22 heavy (non-hydrogen) atoms. The highest BCUT2D eigenvalue weighted by Crippen LogP contribution is 2.15. The number of carbonyl (C=O) groups excluding carboxylic acids is 1. The molecule has 0 radical (unpaired) electrons. The second-order valence-corrected chi connectivity index (χ2v) is 7.09. The molecule has 1 heterocycles. The van der Waals surface area contributed by atoms with Crippen molar-refractivity contribution in [2.45, 2.75) is 37.1 Å². The largest absolute Gasteiger partial charge is 0.366 e. The molecule has 4 N–H and O–H groups in total. The van der Waals surface area contributed by atoms with Crippen LogP contribution in [0.3, 0.4) is 0 Å². The van der Waals surface area contributed by atoms with Crippen molar-refractivity contribution < 1.29 is 13.2 Å². The Morgan fingerprint density at radius 3 is 2.77 bits per heavy atom. The summed E-state index contributed by atoms with van der Waals surface area (Å²) in [5, 5.41) is 3.32. The lowest BCUT2D eigenvalue weighted by atomic mass is 10.1. The van der Waals surface area contributed by atoms with Gasteiger partial charge in [0.25, 0.3) is 0 Å². The van der Waals surface area contributed by atoms with Crippen molar-refractivity contribution in [3.63, 3.8) is 0 Å². The SMILES string of the molecule is Cc1ccc(S(=O)(=O)NCC[C@H]2CCCN2)cc1C(N)=O.Cl. The number of aryl methyl sites for hydroxylation is 1. The normalized spacial score (nSPS) is 18.0. The molecule has 1 aromatic carbocycles. The molecule has 0 bridgehead atoms. The van der Waals surface area contributed by atoms with Crippen LogP contribution in [0.5, 0.6) is 0 Å². The fourth-order valence-corrected chi connectivity index (χ4v) is 3.56. The molecule has 1 aromatic rings. The number of nitrogens with one attached hydrogen (secondary N) is 2. The van der Waals surface area contributed by atoms with E-state index in [1.807, 2.05) is 0 Å². The third kappa shape index (κ3) is 4.67. The third-order valence-corrected chi connectivity index (χ3v) is 5.19. The average molecular weight is 348 g/mol. The average Bonchev–Trinajstić information content (AvgIpc) is 2.91. The van der Waals surface area contributed by atoms with Gasteiger partial charge in [-0.2, -0.15) is 0 Å². The zero-order valence-electron chi connectivity index (χ0n) is 12.5. The molecule has 0 aromatic heterocycles. The maximum Gasteiger partial charge on any atom is 0.249 e. The van der Waals surface area contributed by atoms with E-state index in [0.717, 1.165) is 25.8 Å². The lowest BCUT2D eigenvalue weighted by molar-refractivity contribution is 0.0999. The number of rotatable bonds is 6. The molecule has 1 amide bonds. The summed E-state index contributed by atoms with van der Waals surface area (Å²) in [6.07, 6.45) is 2.98. The van der Waals surface area contributed by atoms with Gasteiger partial charge in [-0.05, 0) is 50.4 Å². The van der Waals surface area contributed by atoms with Crippen LogP contribution in [0, 0.1) is 6.92 Å². The predicted octanol–water partition coefficient (Wildman–Crippen LogP) is 0.936. The smallest absolute Gasteiger partial charge is 0.249 e. The standard InChI is InChI=1S/C14H21N3O3S.ClH/c1-10-4-5-12(9-13(10)14(15)18)21(19,20)17-8-6-11-3-2-7-16-11;/h4-5,9,11,16-17H,2-3,6-8H2,1H3,(H2,15,18);1H/t11-;/m1./s1. The summed E-state index contributed by atoms with van der Waals surface area (Å²) in [4.78, 5) is 11.4. The van der Waals surface area contributed by atoms with Crippen molar-refractivity contribution in [3.05, 3.63) is 29.3 Å². The molecule has 124 valence electrons. The van der Waals surface area contributed by atoms with Crippen LogP contribution in [-0.2, 0) is 10.0 Å². The molecule has 1 aliphatic heterocycles. The molecule has 0 spiro atoms. The fourth-order valence-electron chi connectivity index (χ4n) is 2.49. The number of halogens is 1. The van der Waals surface area contributed by atoms with Crippen LogP contribution >= 0.6 is 12.4 Å². The lowest BCUT2D eigenvalue weighted by Gasteiger charge is -2.12. The number of benzene rings is 1. The fraction of sp³-hybridized carbons (Fsp3) is 0.500. The summed E-state index contributed by atoms with van der Waals surface area (Å²) in [5.41, 5.74) is 6.14. The molecule has 0 unspecified atom stereocenters. The van der Waals surface area contributed by atoms with E-state index in [2.05, 4.69) is 10.0 Å². The molecular formula is C14H22ClN3O3S. The Balaban J connectivity index is 0.00000242. The Labute approximate surface area is 137 Å². The Kier molecular flexibility index (Phi) is 6.80. The van der Waals surface area contributed by atoms with Crippen LogP contribution in [0.15, 0.2) is 23.1 Å². The minimum Gasteiger partial charge on any atom is -0.366 e. The molecule has 0 saturated carbocycles. The first-order valence-electron chi connectivity index (χ1n) is 7.03. The van der Waals surface area contributed by atoms with Crippen molar-refractivity contribution in [3.8, 4) is 0 Å². The monoisotopic (exact) mass is 347 g/mol. The molecule has 2 rings (SSSR count). The van der Waals surface area contributed by atoms with Gasteiger partial charge in [0.1, 0.15) is 0 Å². The van der Waals surface area contributed by atoms with E-state index >= 15 is 0 Å². The molecule has 1 aliphatic rings. The Bertz CT molecular complexity index is 628. The van der Waals surface area contributed by atoms with Gasteiger partial charge in [-0.25, -0.2) is 13.1 Å². The minimum atomic E-state index is -3.61. The maximum atomic E-state index is 12.2. The number of sulfonamides is 1. The van der Waals surface area contributed by atoms with E-state index in [1.54, 1.807) is 13.0 Å². The van der Waals surface area contributed by atoms with Crippen LogP contribution in [0.25, 0.3) is 0 Å². The van der Waals surface area contributed by atoms with Crippen LogP contribution in [0.1, 0.15) is 35.2 Å². The van der Waals surface area contributed by atoms with Crippen molar-refractivity contribution in [1.29, 1.82) is 0 Å². The molecule has 6 nitrogen and oxygen atoms in total. The van der Waals surface area contributed by atoms with Crippen LogP contribution < -0.4 is 15.8 Å². The highest BCUT2D eigenvalue weighted by molar-refractivity contribution is 7.89. The molecular weight excluding hydrogens is 326 g/mol. The van der Waals surface area contributed by atoms with E-state index in [4.69, 9.17) is 5.73 Å². The van der Waals surface area contributed by atoms with Crippen LogP contribution in [0.2, 0.25) is 0 Å². The van der Waals surface area contributed by atoms with Gasteiger partial charge in [-0.1, -0.05) is 6.07 Å². The van der Waals surface area contributed by atoms with E-state index in [9.17, 15) is 13.2 Å². The third-order valence-electron chi connectivity index (χ3n) is 3.73. The summed E-state index contributed by atoms with van der Waals surface area (Å²) in [6, 6.07) is 4.78. The van der Waals surface area contributed by atoms with Crippen molar-refractivity contribution >= 4 is 28.3 Å². The quantitative estimate of drug-likeness (QED) is 0.712. The Hall–Kier alpha value is -1.15. The number of nitrogens with two attached hydrogens (primary N) is 1. The van der Waals surface area contributed by atoms with Gasteiger partial charge in [0.2, 0.25) is 15.9 Å². The molecule has 0 aliphatic carbocycles.